The largest absolute Gasteiger partial charge is 0.467 e. The minimum Gasteiger partial charge on any atom is -0.467 e. The van der Waals surface area contributed by atoms with Crippen LogP contribution in [0, 0.1) is 6.92 Å². The molecule has 1 aromatic carbocycles. The van der Waals surface area contributed by atoms with E-state index in [4.69, 9.17) is 4.42 Å². The molecule has 3 aromatic heterocycles. The van der Waals surface area contributed by atoms with Crippen LogP contribution in [-0.2, 0) is 11.3 Å². The van der Waals surface area contributed by atoms with Crippen LogP contribution >= 0.6 is 11.3 Å². The maximum atomic E-state index is 13.0. The Morgan fingerprint density at radius 2 is 2.07 bits per heavy atom. The van der Waals surface area contributed by atoms with E-state index in [2.05, 4.69) is 10.3 Å². The highest BCUT2D eigenvalue weighted by molar-refractivity contribution is 7.17. The molecule has 1 amide bonds. The first-order valence-electron chi connectivity index (χ1n) is 8.89. The van der Waals surface area contributed by atoms with Gasteiger partial charge >= 0.3 is 0 Å². The summed E-state index contributed by atoms with van der Waals surface area (Å²) in [4.78, 5) is 30.5. The summed E-state index contributed by atoms with van der Waals surface area (Å²) in [5, 5.41) is 5.32. The number of rotatable bonds is 5. The Balaban J connectivity index is 1.62. The van der Waals surface area contributed by atoms with Gasteiger partial charge in [-0.25, -0.2) is 4.98 Å². The highest BCUT2D eigenvalue weighted by atomic mass is 32.1. The van der Waals surface area contributed by atoms with Crippen LogP contribution in [0.2, 0.25) is 0 Å². The van der Waals surface area contributed by atoms with Crippen LogP contribution in [0.1, 0.15) is 24.3 Å². The van der Waals surface area contributed by atoms with Crippen molar-refractivity contribution in [2.24, 2.45) is 0 Å². The van der Waals surface area contributed by atoms with Crippen molar-refractivity contribution in [3.05, 3.63) is 76.0 Å². The number of hydrogen-bond acceptors (Lipinski definition) is 5. The van der Waals surface area contributed by atoms with Gasteiger partial charge in [-0.2, -0.15) is 0 Å². The number of benzene rings is 1. The first kappa shape index (κ1) is 18.2. The van der Waals surface area contributed by atoms with E-state index in [1.807, 2.05) is 43.5 Å². The van der Waals surface area contributed by atoms with Gasteiger partial charge in [0, 0.05) is 10.9 Å². The molecule has 0 saturated carbocycles. The van der Waals surface area contributed by atoms with Gasteiger partial charge in [-0.1, -0.05) is 29.8 Å². The zero-order valence-electron chi connectivity index (χ0n) is 15.5. The summed E-state index contributed by atoms with van der Waals surface area (Å²) in [5.74, 6) is 0.382. The van der Waals surface area contributed by atoms with Crippen molar-refractivity contribution in [2.75, 3.05) is 0 Å². The maximum Gasteiger partial charge on any atom is 0.263 e. The Morgan fingerprint density at radius 1 is 1.29 bits per heavy atom. The monoisotopic (exact) mass is 393 g/mol. The van der Waals surface area contributed by atoms with Gasteiger partial charge in [0.1, 0.15) is 17.1 Å². The van der Waals surface area contributed by atoms with Crippen molar-refractivity contribution in [3.8, 4) is 11.1 Å². The lowest BCUT2D eigenvalue weighted by molar-refractivity contribution is -0.122. The molecule has 3 heterocycles. The summed E-state index contributed by atoms with van der Waals surface area (Å²) in [6.07, 6.45) is 2.99. The summed E-state index contributed by atoms with van der Waals surface area (Å²) >= 11 is 1.43. The fourth-order valence-corrected chi connectivity index (χ4v) is 3.98. The molecule has 0 bridgehead atoms. The Labute approximate surface area is 165 Å². The van der Waals surface area contributed by atoms with E-state index in [1.165, 1.54) is 22.2 Å². The third kappa shape index (κ3) is 3.48. The van der Waals surface area contributed by atoms with Gasteiger partial charge in [0.15, 0.2) is 0 Å². The van der Waals surface area contributed by atoms with E-state index in [0.717, 1.165) is 16.7 Å². The average molecular weight is 393 g/mol. The Morgan fingerprint density at radius 3 is 2.79 bits per heavy atom. The molecule has 0 unspecified atom stereocenters. The molecular weight excluding hydrogens is 374 g/mol. The standard InChI is InChI=1S/C21H19N3O3S/c1-13-5-7-15(8-6-13)16-11-28-20-19(16)21(26)24(12-22-20)10-18(25)23-14(2)17-4-3-9-27-17/h3-9,11-12,14H,10H2,1-2H3,(H,23,25)/t14-/m0/s1. The van der Waals surface area contributed by atoms with E-state index in [1.54, 1.807) is 18.4 Å². The molecular formula is C21H19N3O3S. The normalized spacial score (nSPS) is 12.2. The zero-order chi connectivity index (χ0) is 19.7. The molecule has 1 N–H and O–H groups in total. The number of nitrogens with one attached hydrogen (secondary N) is 1. The number of aromatic nitrogens is 2. The Kier molecular flexibility index (Phi) is 4.83. The van der Waals surface area contributed by atoms with Gasteiger partial charge in [-0.15, -0.1) is 11.3 Å². The molecule has 4 aromatic rings. The highest BCUT2D eigenvalue weighted by Gasteiger charge is 2.16. The van der Waals surface area contributed by atoms with Gasteiger partial charge < -0.3 is 9.73 Å². The summed E-state index contributed by atoms with van der Waals surface area (Å²) in [7, 11) is 0. The van der Waals surface area contributed by atoms with Crippen molar-refractivity contribution in [2.45, 2.75) is 26.4 Å². The van der Waals surface area contributed by atoms with Gasteiger partial charge in [-0.3, -0.25) is 14.2 Å². The number of carbonyl (C=O) groups is 1. The second-order valence-electron chi connectivity index (χ2n) is 6.68. The van der Waals surface area contributed by atoms with E-state index in [-0.39, 0.29) is 24.1 Å². The molecule has 0 aliphatic rings. The Hall–Kier alpha value is -3.19. The van der Waals surface area contributed by atoms with Crippen LogP contribution in [0.5, 0.6) is 0 Å². The van der Waals surface area contributed by atoms with Crippen molar-refractivity contribution >= 4 is 27.5 Å². The summed E-state index contributed by atoms with van der Waals surface area (Å²) in [6.45, 7) is 3.75. The highest BCUT2D eigenvalue weighted by Crippen LogP contribution is 2.30. The second kappa shape index (κ2) is 7.44. The summed E-state index contributed by atoms with van der Waals surface area (Å²) in [5.41, 5.74) is 2.74. The predicted molar refractivity (Wildman–Crippen MR) is 109 cm³/mol. The molecule has 0 aliphatic heterocycles. The number of aryl methyl sites for hydroxylation is 1. The first-order chi connectivity index (χ1) is 13.5. The van der Waals surface area contributed by atoms with Crippen molar-refractivity contribution in [3.63, 3.8) is 0 Å². The summed E-state index contributed by atoms with van der Waals surface area (Å²) < 4.78 is 6.64. The van der Waals surface area contributed by atoms with Crippen molar-refractivity contribution in [1.82, 2.24) is 14.9 Å². The lowest BCUT2D eigenvalue weighted by atomic mass is 10.1. The molecule has 1 atom stereocenters. The van der Waals surface area contributed by atoms with Crippen LogP contribution in [-0.4, -0.2) is 15.5 Å². The molecule has 0 spiro atoms. The summed E-state index contributed by atoms with van der Waals surface area (Å²) in [6, 6.07) is 11.3. The van der Waals surface area contributed by atoms with Crippen LogP contribution in [0.4, 0.5) is 0 Å². The van der Waals surface area contributed by atoms with E-state index in [0.29, 0.717) is 16.0 Å². The smallest absolute Gasteiger partial charge is 0.263 e. The fraction of sp³-hybridized carbons (Fsp3) is 0.190. The molecule has 0 fully saturated rings. The van der Waals surface area contributed by atoms with Crippen LogP contribution in [0.15, 0.2) is 63.6 Å². The molecule has 142 valence electrons. The number of nitrogens with zero attached hydrogens (tertiary/aromatic N) is 2. The molecule has 4 rings (SSSR count). The lowest BCUT2D eigenvalue weighted by Gasteiger charge is -2.12. The molecule has 0 radical (unpaired) electrons. The SMILES string of the molecule is Cc1ccc(-c2csc3ncn(CC(=O)N[C@@H](C)c4ccco4)c(=O)c23)cc1. The van der Waals surface area contributed by atoms with E-state index in [9.17, 15) is 9.59 Å². The van der Waals surface area contributed by atoms with Gasteiger partial charge in [-0.05, 0) is 31.5 Å². The van der Waals surface area contributed by atoms with Crippen molar-refractivity contribution < 1.29 is 9.21 Å². The second-order valence-corrected chi connectivity index (χ2v) is 7.54. The zero-order valence-corrected chi connectivity index (χ0v) is 16.3. The quantitative estimate of drug-likeness (QED) is 0.558. The maximum absolute atomic E-state index is 13.0. The minimum atomic E-state index is -0.279. The molecule has 0 saturated heterocycles. The van der Waals surface area contributed by atoms with Gasteiger partial charge in [0.2, 0.25) is 5.91 Å². The minimum absolute atomic E-state index is 0.101. The van der Waals surface area contributed by atoms with Gasteiger partial charge in [0.05, 0.1) is 24.0 Å². The number of fused-ring (bicyclic) bond motifs is 1. The number of carbonyl (C=O) groups excluding carboxylic acids is 1. The molecule has 7 heteroatoms. The fourth-order valence-electron chi connectivity index (χ4n) is 3.08. The van der Waals surface area contributed by atoms with E-state index >= 15 is 0 Å². The van der Waals surface area contributed by atoms with Gasteiger partial charge in [0.25, 0.3) is 5.56 Å². The topological polar surface area (TPSA) is 77.1 Å². The third-order valence-electron chi connectivity index (χ3n) is 4.58. The lowest BCUT2D eigenvalue weighted by Crippen LogP contribution is -2.33. The predicted octanol–water partition coefficient (Wildman–Crippen LogP) is 3.90. The molecule has 28 heavy (non-hydrogen) atoms. The van der Waals surface area contributed by atoms with Crippen LogP contribution < -0.4 is 10.9 Å². The van der Waals surface area contributed by atoms with Crippen LogP contribution in [0.25, 0.3) is 21.3 Å². The molecule has 6 nitrogen and oxygen atoms in total. The van der Waals surface area contributed by atoms with Crippen molar-refractivity contribution in [1.29, 1.82) is 0 Å². The Bertz CT molecular complexity index is 1170. The number of hydrogen-bond donors (Lipinski definition) is 1. The molecule has 0 aliphatic carbocycles. The number of amides is 1. The van der Waals surface area contributed by atoms with Crippen LogP contribution in [0.3, 0.4) is 0 Å². The number of thiophene rings is 1. The van der Waals surface area contributed by atoms with E-state index < -0.39 is 0 Å². The third-order valence-corrected chi connectivity index (χ3v) is 5.47. The number of furan rings is 1. The first-order valence-corrected chi connectivity index (χ1v) is 9.77. The average Bonchev–Trinajstić information content (AvgIpc) is 3.35.